The highest BCUT2D eigenvalue weighted by atomic mass is 79.9. The zero-order valence-electron chi connectivity index (χ0n) is 9.35. The first-order valence-corrected chi connectivity index (χ1v) is 7.54. The standard InChI is InChI=1S/C12H8Br2Cl2N2/c1-2-7-10(15)17-12(18-11(7)16)6-3-4-8(13)9(14)5-6/h3-5H,2H2,1H3. The summed E-state index contributed by atoms with van der Waals surface area (Å²) in [5.74, 6) is 0.524. The predicted molar refractivity (Wildman–Crippen MR) is 82.3 cm³/mol. The molecule has 2 nitrogen and oxygen atoms in total. The molecule has 0 radical (unpaired) electrons. The lowest BCUT2D eigenvalue weighted by Gasteiger charge is -2.07. The largest absolute Gasteiger partial charge is 0.216 e. The van der Waals surface area contributed by atoms with Crippen LogP contribution in [0.15, 0.2) is 27.1 Å². The van der Waals surface area contributed by atoms with Gasteiger partial charge in [-0.05, 0) is 56.5 Å². The van der Waals surface area contributed by atoms with E-state index in [1.807, 2.05) is 25.1 Å². The number of aromatic nitrogens is 2. The third kappa shape index (κ3) is 2.87. The Labute approximate surface area is 132 Å². The molecule has 6 heteroatoms. The highest BCUT2D eigenvalue weighted by Crippen LogP contribution is 2.30. The van der Waals surface area contributed by atoms with Crippen LogP contribution < -0.4 is 0 Å². The van der Waals surface area contributed by atoms with Crippen LogP contribution in [0.5, 0.6) is 0 Å². The highest BCUT2D eigenvalue weighted by Gasteiger charge is 2.12. The van der Waals surface area contributed by atoms with E-state index in [9.17, 15) is 0 Å². The van der Waals surface area contributed by atoms with Crippen LogP contribution in [0.4, 0.5) is 0 Å². The van der Waals surface area contributed by atoms with Crippen molar-refractivity contribution in [1.29, 1.82) is 0 Å². The maximum atomic E-state index is 6.10. The summed E-state index contributed by atoms with van der Waals surface area (Å²) in [6, 6.07) is 5.73. The molecule has 0 atom stereocenters. The van der Waals surface area contributed by atoms with Crippen molar-refractivity contribution in [2.45, 2.75) is 13.3 Å². The Bertz CT molecular complexity index is 580. The van der Waals surface area contributed by atoms with E-state index >= 15 is 0 Å². The quantitative estimate of drug-likeness (QED) is 0.607. The second-order valence-corrected chi connectivity index (χ2v) is 6.01. The normalized spacial score (nSPS) is 10.7. The van der Waals surface area contributed by atoms with Crippen LogP contribution in [-0.4, -0.2) is 9.97 Å². The lowest BCUT2D eigenvalue weighted by molar-refractivity contribution is 1.05. The van der Waals surface area contributed by atoms with Gasteiger partial charge in [-0.1, -0.05) is 30.1 Å². The molecule has 0 aliphatic rings. The Hall–Kier alpha value is -0.160. The molecule has 18 heavy (non-hydrogen) atoms. The van der Waals surface area contributed by atoms with Gasteiger partial charge in [0, 0.05) is 20.1 Å². The van der Waals surface area contributed by atoms with Crippen LogP contribution in [0.2, 0.25) is 10.3 Å². The van der Waals surface area contributed by atoms with Crippen LogP contribution in [0, 0.1) is 0 Å². The second kappa shape index (κ2) is 5.87. The van der Waals surface area contributed by atoms with E-state index in [4.69, 9.17) is 23.2 Å². The van der Waals surface area contributed by atoms with Gasteiger partial charge in [0.15, 0.2) is 5.82 Å². The molecule has 0 aliphatic carbocycles. The SMILES string of the molecule is CCc1c(Cl)nc(-c2ccc(Br)c(Br)c2)nc1Cl. The summed E-state index contributed by atoms with van der Waals surface area (Å²) in [6.45, 7) is 1.96. The number of hydrogen-bond acceptors (Lipinski definition) is 2. The van der Waals surface area contributed by atoms with Crippen molar-refractivity contribution in [3.63, 3.8) is 0 Å². The minimum atomic E-state index is 0.409. The maximum absolute atomic E-state index is 6.10. The molecule has 0 saturated carbocycles. The van der Waals surface area contributed by atoms with E-state index in [1.54, 1.807) is 0 Å². The van der Waals surface area contributed by atoms with Crippen molar-refractivity contribution in [1.82, 2.24) is 9.97 Å². The summed E-state index contributed by atoms with van der Waals surface area (Å²) >= 11 is 19.1. The van der Waals surface area contributed by atoms with Gasteiger partial charge in [-0.3, -0.25) is 0 Å². The van der Waals surface area contributed by atoms with Gasteiger partial charge >= 0.3 is 0 Å². The molecule has 0 spiro atoms. The topological polar surface area (TPSA) is 25.8 Å². The molecule has 0 amide bonds. The highest BCUT2D eigenvalue weighted by molar-refractivity contribution is 9.13. The van der Waals surface area contributed by atoms with Crippen LogP contribution in [-0.2, 0) is 6.42 Å². The molecule has 0 saturated heterocycles. The fourth-order valence-electron chi connectivity index (χ4n) is 1.49. The minimum absolute atomic E-state index is 0.409. The Morgan fingerprint density at radius 3 is 2.17 bits per heavy atom. The van der Waals surface area contributed by atoms with Gasteiger partial charge in [0.2, 0.25) is 0 Å². The van der Waals surface area contributed by atoms with Crippen molar-refractivity contribution in [3.05, 3.63) is 43.0 Å². The van der Waals surface area contributed by atoms with Crippen molar-refractivity contribution in [2.75, 3.05) is 0 Å². The molecule has 1 aromatic carbocycles. The number of benzene rings is 1. The van der Waals surface area contributed by atoms with Crippen LogP contribution >= 0.6 is 55.1 Å². The van der Waals surface area contributed by atoms with Crippen molar-refractivity contribution < 1.29 is 0 Å². The molecule has 0 aliphatic heterocycles. The van der Waals surface area contributed by atoms with E-state index in [0.717, 1.165) is 20.1 Å². The number of rotatable bonds is 2. The summed E-state index contributed by atoms with van der Waals surface area (Å²) in [5, 5.41) is 0.818. The molecular weight excluding hydrogens is 403 g/mol. The first-order chi connectivity index (χ1) is 8.52. The van der Waals surface area contributed by atoms with E-state index in [-0.39, 0.29) is 0 Å². The van der Waals surface area contributed by atoms with Crippen LogP contribution in [0.25, 0.3) is 11.4 Å². The van der Waals surface area contributed by atoms with Gasteiger partial charge in [0.1, 0.15) is 10.3 Å². The first-order valence-electron chi connectivity index (χ1n) is 5.20. The fourth-order valence-corrected chi connectivity index (χ4v) is 2.77. The molecule has 94 valence electrons. The average Bonchev–Trinajstić information content (AvgIpc) is 2.32. The van der Waals surface area contributed by atoms with Gasteiger partial charge in [-0.15, -0.1) is 0 Å². The summed E-state index contributed by atoms with van der Waals surface area (Å²) in [6.07, 6.45) is 0.710. The zero-order chi connectivity index (χ0) is 13.3. The minimum Gasteiger partial charge on any atom is -0.216 e. The Morgan fingerprint density at radius 2 is 1.67 bits per heavy atom. The smallest absolute Gasteiger partial charge is 0.162 e. The van der Waals surface area contributed by atoms with Crippen LogP contribution in [0.3, 0.4) is 0 Å². The van der Waals surface area contributed by atoms with Crippen molar-refractivity contribution in [2.24, 2.45) is 0 Å². The lowest BCUT2D eigenvalue weighted by atomic mass is 10.2. The third-order valence-electron chi connectivity index (χ3n) is 2.44. The van der Waals surface area contributed by atoms with Crippen molar-refractivity contribution >= 4 is 55.1 Å². The predicted octanol–water partition coefficient (Wildman–Crippen LogP) is 5.54. The molecule has 1 heterocycles. The number of nitrogens with zero attached hydrogens (tertiary/aromatic N) is 2. The molecule has 0 bridgehead atoms. The molecule has 2 aromatic rings. The summed E-state index contributed by atoms with van der Waals surface area (Å²) < 4.78 is 1.89. The van der Waals surface area contributed by atoms with Gasteiger partial charge in [0.05, 0.1) is 0 Å². The summed E-state index contributed by atoms with van der Waals surface area (Å²) in [4.78, 5) is 8.56. The summed E-state index contributed by atoms with van der Waals surface area (Å²) in [7, 11) is 0. The summed E-state index contributed by atoms with van der Waals surface area (Å²) in [5.41, 5.74) is 1.63. The van der Waals surface area contributed by atoms with E-state index in [0.29, 0.717) is 22.6 Å². The van der Waals surface area contributed by atoms with E-state index < -0.39 is 0 Å². The maximum Gasteiger partial charge on any atom is 0.162 e. The molecule has 1 aromatic heterocycles. The van der Waals surface area contributed by atoms with Gasteiger partial charge in [-0.25, -0.2) is 9.97 Å². The molecule has 0 unspecified atom stereocenters. The Balaban J connectivity index is 2.54. The van der Waals surface area contributed by atoms with E-state index in [1.165, 1.54) is 0 Å². The number of halogens is 4. The van der Waals surface area contributed by atoms with Gasteiger partial charge in [-0.2, -0.15) is 0 Å². The third-order valence-corrected chi connectivity index (χ3v) is 4.94. The number of hydrogen-bond donors (Lipinski definition) is 0. The monoisotopic (exact) mass is 408 g/mol. The van der Waals surface area contributed by atoms with Crippen LogP contribution in [0.1, 0.15) is 12.5 Å². The fraction of sp³-hybridized carbons (Fsp3) is 0.167. The van der Waals surface area contributed by atoms with Crippen molar-refractivity contribution in [3.8, 4) is 11.4 Å². The Morgan fingerprint density at radius 1 is 1.06 bits per heavy atom. The molecule has 0 fully saturated rings. The van der Waals surface area contributed by atoms with Gasteiger partial charge < -0.3 is 0 Å². The first kappa shape index (κ1) is 14.3. The Kier molecular flexibility index (Phi) is 4.64. The average molecular weight is 411 g/mol. The molecular formula is C12H8Br2Cl2N2. The van der Waals surface area contributed by atoms with E-state index in [2.05, 4.69) is 41.8 Å². The lowest BCUT2D eigenvalue weighted by Crippen LogP contribution is -1.96. The van der Waals surface area contributed by atoms with Gasteiger partial charge in [0.25, 0.3) is 0 Å². The second-order valence-electron chi connectivity index (χ2n) is 3.59. The molecule has 2 rings (SSSR count). The molecule has 0 N–H and O–H groups in total. The zero-order valence-corrected chi connectivity index (χ0v) is 14.0.